The van der Waals surface area contributed by atoms with E-state index in [1.807, 2.05) is 33.8 Å². The van der Waals surface area contributed by atoms with Gasteiger partial charge in [0.05, 0.1) is 12.5 Å². The molecule has 1 unspecified atom stereocenters. The fourth-order valence-corrected chi connectivity index (χ4v) is 5.83. The predicted molar refractivity (Wildman–Crippen MR) is 181 cm³/mol. The minimum atomic E-state index is -0.744. The van der Waals surface area contributed by atoms with Crippen molar-refractivity contribution in [2.24, 2.45) is 0 Å². The number of carboxylic acids is 1. The van der Waals surface area contributed by atoms with Gasteiger partial charge in [-0.15, -0.1) is 0 Å². The molecule has 0 aliphatic carbocycles. The number of aliphatic carboxylic acids is 1. The zero-order valence-electron chi connectivity index (χ0n) is 27.1. The topological polar surface area (TPSA) is 79.4 Å². The van der Waals surface area contributed by atoms with Crippen LogP contribution in [0.3, 0.4) is 0 Å². The van der Waals surface area contributed by atoms with E-state index in [2.05, 4.69) is 92.6 Å². The van der Waals surface area contributed by atoms with Crippen LogP contribution in [0, 0.1) is 6.92 Å². The number of carboxylic acid groups (broad SMARTS) is 1. The van der Waals surface area contributed by atoms with E-state index in [0.29, 0.717) is 6.54 Å². The number of nitrogens with zero attached hydrogens (tertiary/aromatic N) is 4. The van der Waals surface area contributed by atoms with E-state index < -0.39 is 5.97 Å². The molecular weight excluding hydrogens is 550 g/mol. The lowest BCUT2D eigenvalue weighted by atomic mass is 9.99. The Balaban J connectivity index is 0.00000216. The SMILES string of the molecule is CC.Cc1ccc(N2CCN(C)CC2)cc1C(=O)NC(C)c1cccc(-c2cccc(N3CCN(CCC(=O)O)CC3)c2)c1. The molecule has 0 spiro atoms. The third-order valence-electron chi connectivity index (χ3n) is 8.63. The van der Waals surface area contributed by atoms with Gasteiger partial charge >= 0.3 is 5.97 Å². The first-order valence-corrected chi connectivity index (χ1v) is 16.0. The van der Waals surface area contributed by atoms with Crippen molar-refractivity contribution in [3.8, 4) is 11.1 Å². The summed E-state index contributed by atoms with van der Waals surface area (Å²) < 4.78 is 0. The Labute approximate surface area is 263 Å². The quantitative estimate of drug-likeness (QED) is 0.335. The maximum absolute atomic E-state index is 13.4. The first-order valence-electron chi connectivity index (χ1n) is 16.0. The molecule has 1 amide bonds. The van der Waals surface area contributed by atoms with E-state index in [-0.39, 0.29) is 18.4 Å². The van der Waals surface area contributed by atoms with Crippen LogP contribution in [0.4, 0.5) is 11.4 Å². The molecule has 3 aromatic rings. The standard InChI is InChI=1S/C34H43N5O3.C2H6/c1-25-10-11-31(38-18-14-36(3)15-19-38)24-32(25)34(42)35-26(2)27-6-4-7-28(22-27)29-8-5-9-30(23-29)39-20-16-37(17-21-39)13-12-33(40)41;1-2/h4-11,22-24,26H,12-21H2,1-3H3,(H,35,42)(H,40,41);1-2H3. The Morgan fingerprint density at radius 3 is 2.05 bits per heavy atom. The van der Waals surface area contributed by atoms with Crippen molar-refractivity contribution in [1.82, 2.24) is 15.1 Å². The van der Waals surface area contributed by atoms with Crippen LogP contribution in [0.25, 0.3) is 11.1 Å². The van der Waals surface area contributed by atoms with E-state index in [4.69, 9.17) is 5.11 Å². The van der Waals surface area contributed by atoms with Crippen LogP contribution in [0.15, 0.2) is 66.7 Å². The minimum Gasteiger partial charge on any atom is -0.481 e. The van der Waals surface area contributed by atoms with Crippen LogP contribution in [0.1, 0.15) is 54.7 Å². The molecule has 0 bridgehead atoms. The highest BCUT2D eigenvalue weighted by molar-refractivity contribution is 5.97. The number of rotatable bonds is 9. The molecule has 44 heavy (non-hydrogen) atoms. The van der Waals surface area contributed by atoms with Gasteiger partial charge in [0.1, 0.15) is 0 Å². The van der Waals surface area contributed by atoms with Crippen molar-refractivity contribution in [1.29, 1.82) is 0 Å². The number of piperazine rings is 2. The largest absolute Gasteiger partial charge is 0.481 e. The fraction of sp³-hybridized carbons (Fsp3) is 0.444. The maximum Gasteiger partial charge on any atom is 0.304 e. The van der Waals surface area contributed by atoms with Gasteiger partial charge in [-0.3, -0.25) is 14.5 Å². The monoisotopic (exact) mass is 599 g/mol. The van der Waals surface area contributed by atoms with Crippen molar-refractivity contribution in [3.63, 3.8) is 0 Å². The average molecular weight is 600 g/mol. The Morgan fingerprint density at radius 2 is 1.39 bits per heavy atom. The van der Waals surface area contributed by atoms with Gasteiger partial charge < -0.3 is 25.1 Å². The molecule has 2 saturated heterocycles. The number of amides is 1. The van der Waals surface area contributed by atoms with Gasteiger partial charge in [-0.25, -0.2) is 0 Å². The molecule has 2 N–H and O–H groups in total. The Bertz CT molecular complexity index is 1390. The van der Waals surface area contributed by atoms with Gasteiger partial charge in [-0.2, -0.15) is 0 Å². The molecule has 236 valence electrons. The number of carbonyl (C=O) groups is 2. The summed E-state index contributed by atoms with van der Waals surface area (Å²) in [5.74, 6) is -0.794. The fourth-order valence-electron chi connectivity index (χ4n) is 5.83. The first kappa shape index (κ1) is 33.0. The Kier molecular flexibility index (Phi) is 11.8. The van der Waals surface area contributed by atoms with Gasteiger partial charge in [0, 0.05) is 75.8 Å². The van der Waals surface area contributed by atoms with Crippen LogP contribution in [0.2, 0.25) is 0 Å². The van der Waals surface area contributed by atoms with Crippen LogP contribution in [-0.2, 0) is 4.79 Å². The number of benzene rings is 3. The maximum atomic E-state index is 13.4. The van der Waals surface area contributed by atoms with Gasteiger partial charge in [-0.1, -0.05) is 50.2 Å². The van der Waals surface area contributed by atoms with Crippen molar-refractivity contribution in [3.05, 3.63) is 83.4 Å². The first-order chi connectivity index (χ1) is 21.3. The summed E-state index contributed by atoms with van der Waals surface area (Å²) in [4.78, 5) is 33.6. The summed E-state index contributed by atoms with van der Waals surface area (Å²) in [7, 11) is 2.15. The second kappa shape index (κ2) is 15.7. The van der Waals surface area contributed by atoms with E-state index >= 15 is 0 Å². The second-order valence-electron chi connectivity index (χ2n) is 11.6. The van der Waals surface area contributed by atoms with Gasteiger partial charge in [-0.05, 0) is 73.5 Å². The third-order valence-corrected chi connectivity index (χ3v) is 8.63. The summed E-state index contributed by atoms with van der Waals surface area (Å²) in [5.41, 5.74) is 7.30. The van der Waals surface area contributed by atoms with Crippen LogP contribution in [0.5, 0.6) is 0 Å². The van der Waals surface area contributed by atoms with Crippen LogP contribution < -0.4 is 15.1 Å². The summed E-state index contributed by atoms with van der Waals surface area (Å²) in [5, 5.41) is 12.2. The molecule has 5 rings (SSSR count). The summed E-state index contributed by atoms with van der Waals surface area (Å²) in [6.45, 7) is 16.1. The summed E-state index contributed by atoms with van der Waals surface area (Å²) in [6, 6.07) is 23.1. The zero-order chi connectivity index (χ0) is 31.6. The van der Waals surface area contributed by atoms with Gasteiger partial charge in [0.2, 0.25) is 0 Å². The predicted octanol–water partition coefficient (Wildman–Crippen LogP) is 5.53. The van der Waals surface area contributed by atoms with E-state index in [0.717, 1.165) is 85.9 Å². The van der Waals surface area contributed by atoms with Crippen molar-refractivity contribution in [2.75, 3.05) is 75.8 Å². The number of hydrogen-bond donors (Lipinski definition) is 2. The molecule has 2 aliphatic heterocycles. The lowest BCUT2D eigenvalue weighted by Crippen LogP contribution is -2.46. The minimum absolute atomic E-state index is 0.0501. The van der Waals surface area contributed by atoms with Crippen LogP contribution >= 0.6 is 0 Å². The van der Waals surface area contributed by atoms with Crippen molar-refractivity contribution < 1.29 is 14.7 Å². The molecular formula is C36H49N5O3. The van der Waals surface area contributed by atoms with Gasteiger partial charge in [0.15, 0.2) is 0 Å². The Hall–Kier alpha value is -3.88. The number of nitrogens with one attached hydrogen (secondary N) is 1. The zero-order valence-corrected chi connectivity index (χ0v) is 27.1. The number of hydrogen-bond acceptors (Lipinski definition) is 6. The summed E-state index contributed by atoms with van der Waals surface area (Å²) >= 11 is 0. The van der Waals surface area contributed by atoms with Crippen molar-refractivity contribution in [2.45, 2.75) is 40.2 Å². The summed E-state index contributed by atoms with van der Waals surface area (Å²) in [6.07, 6.45) is 0.188. The highest BCUT2D eigenvalue weighted by Crippen LogP contribution is 2.28. The highest BCUT2D eigenvalue weighted by Gasteiger charge is 2.20. The van der Waals surface area contributed by atoms with Crippen molar-refractivity contribution >= 4 is 23.3 Å². The molecule has 2 fully saturated rings. The second-order valence-corrected chi connectivity index (χ2v) is 11.6. The number of aryl methyl sites for hydroxylation is 1. The molecule has 0 aromatic heterocycles. The average Bonchev–Trinajstić information content (AvgIpc) is 3.05. The molecule has 3 aromatic carbocycles. The Morgan fingerprint density at radius 1 is 0.795 bits per heavy atom. The smallest absolute Gasteiger partial charge is 0.304 e. The lowest BCUT2D eigenvalue weighted by molar-refractivity contribution is -0.137. The molecule has 1 atom stereocenters. The molecule has 8 heteroatoms. The molecule has 0 saturated carbocycles. The van der Waals surface area contributed by atoms with E-state index in [1.165, 1.54) is 5.69 Å². The normalized spacial score (nSPS) is 16.6. The highest BCUT2D eigenvalue weighted by atomic mass is 16.4. The van der Waals surface area contributed by atoms with E-state index in [9.17, 15) is 9.59 Å². The molecule has 8 nitrogen and oxygen atoms in total. The number of anilines is 2. The lowest BCUT2D eigenvalue weighted by Gasteiger charge is -2.36. The number of likely N-dealkylation sites (N-methyl/N-ethyl adjacent to an activating group) is 1. The molecule has 0 radical (unpaired) electrons. The van der Waals surface area contributed by atoms with Gasteiger partial charge in [0.25, 0.3) is 5.91 Å². The number of carbonyl (C=O) groups excluding carboxylic acids is 1. The molecule has 2 heterocycles. The third kappa shape index (κ3) is 8.61. The van der Waals surface area contributed by atoms with Crippen LogP contribution in [-0.4, -0.2) is 92.7 Å². The van der Waals surface area contributed by atoms with E-state index in [1.54, 1.807) is 0 Å². The molecule has 2 aliphatic rings.